The number of allylic oxidation sites excluding steroid dienone is 2. The summed E-state index contributed by atoms with van der Waals surface area (Å²) in [5.41, 5.74) is 4.84. The second-order valence-electron chi connectivity index (χ2n) is 10.3. The van der Waals surface area contributed by atoms with E-state index in [1.165, 1.54) is 0 Å². The fourth-order valence-electron chi connectivity index (χ4n) is 3.99. The third kappa shape index (κ3) is 11.6. The van der Waals surface area contributed by atoms with Gasteiger partial charge in [0.05, 0.1) is 22.4 Å². The number of carbonyl (C=O) groups excluding carboxylic acids is 2. The van der Waals surface area contributed by atoms with Crippen LogP contribution >= 0.6 is 0 Å². The smallest absolute Gasteiger partial charge is 0.323 e. The SMILES string of the molecule is CC.CC(C)CN(CC(C)C)c1ccc([C@@H](C)CC=O)cc1NC(=O)Nc1ccc2nccnc2c1.CC=CC. The van der Waals surface area contributed by atoms with Crippen molar-refractivity contribution in [1.82, 2.24) is 9.97 Å². The van der Waals surface area contributed by atoms with E-state index in [-0.39, 0.29) is 11.9 Å². The predicted octanol–water partition coefficient (Wildman–Crippen LogP) is 8.69. The van der Waals surface area contributed by atoms with Crippen LogP contribution < -0.4 is 15.5 Å². The first-order chi connectivity index (χ1) is 19.2. The van der Waals surface area contributed by atoms with Crippen molar-refractivity contribution in [2.24, 2.45) is 11.8 Å². The van der Waals surface area contributed by atoms with Gasteiger partial charge in [-0.25, -0.2) is 4.79 Å². The molecule has 0 unspecified atom stereocenters. The molecule has 0 aliphatic carbocycles. The van der Waals surface area contributed by atoms with Gasteiger partial charge in [0.2, 0.25) is 0 Å². The lowest BCUT2D eigenvalue weighted by molar-refractivity contribution is -0.108. The van der Waals surface area contributed by atoms with E-state index in [0.717, 1.165) is 41.8 Å². The predicted molar refractivity (Wildman–Crippen MR) is 171 cm³/mol. The highest BCUT2D eigenvalue weighted by Gasteiger charge is 2.18. The minimum Gasteiger partial charge on any atom is -0.369 e. The van der Waals surface area contributed by atoms with E-state index in [4.69, 9.17) is 0 Å². The van der Waals surface area contributed by atoms with Crippen LogP contribution in [0.2, 0.25) is 0 Å². The fraction of sp³-hybridized carbons (Fsp3) is 0.455. The van der Waals surface area contributed by atoms with Gasteiger partial charge in [-0.1, -0.05) is 66.7 Å². The second kappa shape index (κ2) is 18.5. The number of aldehydes is 1. The molecule has 2 aromatic carbocycles. The van der Waals surface area contributed by atoms with Crippen molar-refractivity contribution < 1.29 is 9.59 Å². The van der Waals surface area contributed by atoms with Crippen LogP contribution in [0.1, 0.15) is 80.2 Å². The Balaban J connectivity index is 0.00000122. The van der Waals surface area contributed by atoms with Crippen LogP contribution in [0.3, 0.4) is 0 Å². The molecule has 0 saturated carbocycles. The summed E-state index contributed by atoms with van der Waals surface area (Å²) in [7, 11) is 0. The topological polar surface area (TPSA) is 87.2 Å². The van der Waals surface area contributed by atoms with Gasteiger partial charge >= 0.3 is 6.03 Å². The van der Waals surface area contributed by atoms with E-state index in [2.05, 4.69) is 65.3 Å². The number of benzene rings is 2. The molecule has 2 amide bonds. The number of aromatic nitrogens is 2. The third-order valence-corrected chi connectivity index (χ3v) is 5.86. The maximum absolute atomic E-state index is 13.0. The van der Waals surface area contributed by atoms with Gasteiger partial charge in [-0.3, -0.25) is 9.97 Å². The summed E-state index contributed by atoms with van der Waals surface area (Å²) in [5, 5.41) is 5.97. The lowest BCUT2D eigenvalue weighted by Crippen LogP contribution is -2.32. The van der Waals surface area contributed by atoms with Gasteiger partial charge in [-0.05, 0) is 67.5 Å². The minimum atomic E-state index is -0.335. The normalized spacial score (nSPS) is 11.4. The lowest BCUT2D eigenvalue weighted by Gasteiger charge is -2.31. The summed E-state index contributed by atoms with van der Waals surface area (Å²) in [4.78, 5) is 35.0. The Morgan fingerprint density at radius 1 is 0.850 bits per heavy atom. The van der Waals surface area contributed by atoms with Crippen LogP contribution in [0.25, 0.3) is 11.0 Å². The number of carbonyl (C=O) groups is 2. The Morgan fingerprint density at radius 2 is 1.45 bits per heavy atom. The Bertz CT molecular complexity index is 1190. The Labute approximate surface area is 241 Å². The monoisotopic (exact) mass is 547 g/mol. The third-order valence-electron chi connectivity index (χ3n) is 5.86. The summed E-state index contributed by atoms with van der Waals surface area (Å²) >= 11 is 0. The van der Waals surface area contributed by atoms with Crippen LogP contribution in [0.5, 0.6) is 0 Å². The number of rotatable bonds is 10. The highest BCUT2D eigenvalue weighted by molar-refractivity contribution is 6.02. The molecule has 1 atom stereocenters. The van der Waals surface area contributed by atoms with E-state index in [1.807, 2.05) is 65.0 Å². The Morgan fingerprint density at radius 3 is 2.00 bits per heavy atom. The molecule has 0 fully saturated rings. The van der Waals surface area contributed by atoms with E-state index >= 15 is 0 Å². The van der Waals surface area contributed by atoms with Crippen molar-refractivity contribution in [2.75, 3.05) is 28.6 Å². The van der Waals surface area contributed by atoms with Crippen LogP contribution in [-0.2, 0) is 4.79 Å². The summed E-state index contributed by atoms with van der Waals surface area (Å²) in [6, 6.07) is 11.2. The second-order valence-corrected chi connectivity index (χ2v) is 10.3. The van der Waals surface area contributed by atoms with Crippen molar-refractivity contribution in [3.8, 4) is 0 Å². The Hall–Kier alpha value is -3.74. The van der Waals surface area contributed by atoms with Crippen molar-refractivity contribution in [3.05, 3.63) is 66.5 Å². The zero-order chi connectivity index (χ0) is 30.1. The average molecular weight is 548 g/mol. The van der Waals surface area contributed by atoms with Crippen LogP contribution in [-0.4, -0.2) is 35.4 Å². The largest absolute Gasteiger partial charge is 0.369 e. The van der Waals surface area contributed by atoms with Crippen LogP contribution in [0, 0.1) is 11.8 Å². The molecule has 0 bridgehead atoms. The maximum atomic E-state index is 13.0. The molecule has 218 valence electrons. The van der Waals surface area contributed by atoms with Gasteiger partial charge in [-0.15, -0.1) is 0 Å². The number of amides is 2. The zero-order valence-corrected chi connectivity index (χ0v) is 25.9. The van der Waals surface area contributed by atoms with E-state index < -0.39 is 0 Å². The van der Waals surface area contributed by atoms with Crippen molar-refractivity contribution in [3.63, 3.8) is 0 Å². The number of anilines is 3. The van der Waals surface area contributed by atoms with Gasteiger partial charge < -0.3 is 20.3 Å². The molecule has 1 heterocycles. The standard InChI is InChI=1S/C27H35N5O2.C4H8.C2H6/c1-18(2)16-32(17-19(3)4)26-9-6-21(20(5)10-13-33)14-25(26)31-27(34)30-22-7-8-23-24(15-22)29-12-11-28-23;1-3-4-2;1-2/h6-9,11-15,18-20H,10,16-17H2,1-5H3,(H2,30,31,34);3-4H,1-2H3;1-2H3/t20-;;/m0../s1. The van der Waals surface area contributed by atoms with E-state index in [1.54, 1.807) is 18.5 Å². The molecular weight excluding hydrogens is 498 g/mol. The van der Waals surface area contributed by atoms with Crippen molar-refractivity contribution in [1.29, 1.82) is 0 Å². The molecule has 7 nitrogen and oxygen atoms in total. The molecular formula is C33H49N5O2. The lowest BCUT2D eigenvalue weighted by atomic mass is 9.97. The Kier molecular flexibility index (Phi) is 15.9. The van der Waals surface area contributed by atoms with Gasteiger partial charge in [0.15, 0.2) is 0 Å². The number of hydrogen-bond donors (Lipinski definition) is 2. The average Bonchev–Trinajstić information content (AvgIpc) is 2.93. The van der Waals surface area contributed by atoms with Crippen molar-refractivity contribution >= 4 is 40.4 Å². The molecule has 1 aromatic heterocycles. The first-order valence-corrected chi connectivity index (χ1v) is 14.4. The van der Waals surface area contributed by atoms with Crippen LogP contribution in [0.4, 0.5) is 21.9 Å². The fourth-order valence-corrected chi connectivity index (χ4v) is 3.99. The summed E-state index contributed by atoms with van der Waals surface area (Å²) in [6.45, 7) is 20.5. The molecule has 7 heteroatoms. The van der Waals surface area contributed by atoms with E-state index in [9.17, 15) is 9.59 Å². The molecule has 0 aliphatic rings. The van der Waals surface area contributed by atoms with Crippen molar-refractivity contribution in [2.45, 2.75) is 74.7 Å². The highest BCUT2D eigenvalue weighted by Crippen LogP contribution is 2.32. The first kappa shape index (κ1) is 34.3. The molecule has 0 saturated heterocycles. The maximum Gasteiger partial charge on any atom is 0.323 e. The first-order valence-electron chi connectivity index (χ1n) is 14.4. The molecule has 40 heavy (non-hydrogen) atoms. The number of nitrogens with zero attached hydrogens (tertiary/aromatic N) is 3. The molecule has 3 rings (SSSR count). The minimum absolute atomic E-state index is 0.0675. The van der Waals surface area contributed by atoms with Gasteiger partial charge in [0.25, 0.3) is 0 Å². The van der Waals surface area contributed by atoms with Crippen LogP contribution in [0.15, 0.2) is 60.9 Å². The van der Waals surface area contributed by atoms with Gasteiger partial charge in [-0.2, -0.15) is 0 Å². The molecule has 3 aromatic rings. The number of urea groups is 1. The quantitative estimate of drug-likeness (QED) is 0.196. The molecule has 2 N–H and O–H groups in total. The summed E-state index contributed by atoms with van der Waals surface area (Å²) in [5.74, 6) is 0.999. The van der Waals surface area contributed by atoms with E-state index in [0.29, 0.717) is 29.5 Å². The molecule has 0 radical (unpaired) electrons. The van der Waals surface area contributed by atoms with Gasteiger partial charge in [0.1, 0.15) is 6.29 Å². The number of fused-ring (bicyclic) bond motifs is 1. The zero-order valence-electron chi connectivity index (χ0n) is 25.9. The number of hydrogen-bond acceptors (Lipinski definition) is 5. The number of nitrogens with one attached hydrogen (secondary N) is 2. The molecule has 0 spiro atoms. The summed E-state index contributed by atoms with van der Waals surface area (Å²) < 4.78 is 0. The molecule has 0 aliphatic heterocycles. The highest BCUT2D eigenvalue weighted by atomic mass is 16.2. The summed E-state index contributed by atoms with van der Waals surface area (Å²) in [6.07, 6.45) is 8.64. The van der Waals surface area contributed by atoms with Gasteiger partial charge in [0, 0.05) is 37.6 Å².